The molecule has 0 fully saturated rings. The summed E-state index contributed by atoms with van der Waals surface area (Å²) >= 11 is 0. The standard InChI is InChI=1S/C12H10N4O2/c1-2-18-12(17)10-5-3-4-6-11(10)16-15-9(7-13)8-14/h3-6,16H,2H2,1H3. The van der Waals surface area contributed by atoms with Crippen LogP contribution >= 0.6 is 0 Å². The summed E-state index contributed by atoms with van der Waals surface area (Å²) in [6.07, 6.45) is 0. The van der Waals surface area contributed by atoms with Gasteiger partial charge in [0.2, 0.25) is 5.71 Å². The minimum Gasteiger partial charge on any atom is -0.462 e. The van der Waals surface area contributed by atoms with Crippen LogP contribution in [0.4, 0.5) is 5.69 Å². The molecule has 1 aromatic carbocycles. The minimum absolute atomic E-state index is 0.262. The number of nitriles is 2. The molecule has 1 aromatic rings. The Morgan fingerprint density at radius 3 is 2.67 bits per heavy atom. The fourth-order valence-corrected chi connectivity index (χ4v) is 1.16. The number of benzene rings is 1. The molecular weight excluding hydrogens is 232 g/mol. The average molecular weight is 242 g/mol. The van der Waals surface area contributed by atoms with Crippen LogP contribution in [0.3, 0.4) is 0 Å². The van der Waals surface area contributed by atoms with Gasteiger partial charge in [-0.2, -0.15) is 15.6 Å². The molecule has 0 heterocycles. The Hall–Kier alpha value is -2.86. The van der Waals surface area contributed by atoms with E-state index in [4.69, 9.17) is 15.3 Å². The van der Waals surface area contributed by atoms with E-state index >= 15 is 0 Å². The number of esters is 1. The van der Waals surface area contributed by atoms with E-state index in [1.165, 1.54) is 0 Å². The number of carbonyl (C=O) groups is 1. The number of carbonyl (C=O) groups excluding carboxylic acids is 1. The fraction of sp³-hybridized carbons (Fsp3) is 0.167. The van der Waals surface area contributed by atoms with Crippen LogP contribution < -0.4 is 5.43 Å². The summed E-state index contributed by atoms with van der Waals surface area (Å²) < 4.78 is 4.87. The van der Waals surface area contributed by atoms with Gasteiger partial charge in [-0.15, -0.1) is 0 Å². The molecule has 0 saturated heterocycles. The number of rotatable bonds is 4. The molecule has 6 nitrogen and oxygen atoms in total. The van der Waals surface area contributed by atoms with Gasteiger partial charge in [0.25, 0.3) is 0 Å². The molecular formula is C12H10N4O2. The van der Waals surface area contributed by atoms with Crippen molar-refractivity contribution >= 4 is 17.4 Å². The summed E-state index contributed by atoms with van der Waals surface area (Å²) in [7, 11) is 0. The van der Waals surface area contributed by atoms with Gasteiger partial charge in [0, 0.05) is 0 Å². The Morgan fingerprint density at radius 1 is 1.39 bits per heavy atom. The third kappa shape index (κ3) is 3.32. The first kappa shape index (κ1) is 13.2. The summed E-state index contributed by atoms with van der Waals surface area (Å²) in [5, 5.41) is 20.6. The molecule has 0 aliphatic heterocycles. The smallest absolute Gasteiger partial charge is 0.340 e. The Balaban J connectivity index is 2.97. The van der Waals surface area contributed by atoms with Gasteiger partial charge in [0.1, 0.15) is 12.1 Å². The van der Waals surface area contributed by atoms with E-state index in [9.17, 15) is 4.79 Å². The average Bonchev–Trinajstić information content (AvgIpc) is 2.40. The van der Waals surface area contributed by atoms with Gasteiger partial charge in [-0.1, -0.05) is 12.1 Å². The highest BCUT2D eigenvalue weighted by Crippen LogP contribution is 2.16. The second-order valence-corrected chi connectivity index (χ2v) is 3.06. The molecule has 90 valence electrons. The highest BCUT2D eigenvalue weighted by molar-refractivity contribution is 6.10. The van der Waals surface area contributed by atoms with E-state index < -0.39 is 5.97 Å². The number of anilines is 1. The lowest BCUT2D eigenvalue weighted by molar-refractivity contribution is 0.0527. The second kappa shape index (κ2) is 6.66. The number of nitrogens with zero attached hydrogens (tertiary/aromatic N) is 3. The summed E-state index contributed by atoms with van der Waals surface area (Å²) in [5.41, 5.74) is 2.84. The third-order valence-corrected chi connectivity index (χ3v) is 1.92. The van der Waals surface area contributed by atoms with Crippen LogP contribution in [0.15, 0.2) is 29.4 Å². The van der Waals surface area contributed by atoms with E-state index in [1.807, 2.05) is 0 Å². The molecule has 0 saturated carbocycles. The van der Waals surface area contributed by atoms with Crippen LogP contribution in [-0.2, 0) is 4.74 Å². The van der Waals surface area contributed by atoms with Crippen molar-refractivity contribution in [3.05, 3.63) is 29.8 Å². The SMILES string of the molecule is CCOC(=O)c1ccccc1NN=C(C#N)C#N. The lowest BCUT2D eigenvalue weighted by atomic mass is 10.2. The molecule has 18 heavy (non-hydrogen) atoms. The zero-order valence-electron chi connectivity index (χ0n) is 9.67. The number of ether oxygens (including phenoxy) is 1. The van der Waals surface area contributed by atoms with Crippen molar-refractivity contribution < 1.29 is 9.53 Å². The highest BCUT2D eigenvalue weighted by atomic mass is 16.5. The maximum Gasteiger partial charge on any atom is 0.340 e. The topological polar surface area (TPSA) is 98.3 Å². The molecule has 0 bridgehead atoms. The van der Waals surface area contributed by atoms with Gasteiger partial charge in [0.15, 0.2) is 0 Å². The molecule has 1 N–H and O–H groups in total. The summed E-state index contributed by atoms with van der Waals surface area (Å²) in [4.78, 5) is 11.6. The first-order chi connectivity index (χ1) is 8.72. The van der Waals surface area contributed by atoms with Crippen molar-refractivity contribution in [3.63, 3.8) is 0 Å². The zero-order chi connectivity index (χ0) is 13.4. The van der Waals surface area contributed by atoms with E-state index in [-0.39, 0.29) is 12.3 Å². The molecule has 0 aromatic heterocycles. The van der Waals surface area contributed by atoms with Crippen LogP contribution in [0.5, 0.6) is 0 Å². The lowest BCUT2D eigenvalue weighted by Gasteiger charge is -2.07. The number of hydrazone groups is 1. The zero-order valence-corrected chi connectivity index (χ0v) is 9.67. The third-order valence-electron chi connectivity index (χ3n) is 1.92. The van der Waals surface area contributed by atoms with Gasteiger partial charge in [-0.05, 0) is 19.1 Å². The first-order valence-corrected chi connectivity index (χ1v) is 5.13. The predicted molar refractivity (Wildman–Crippen MR) is 64.7 cm³/mol. The van der Waals surface area contributed by atoms with Gasteiger partial charge in [0.05, 0.1) is 17.9 Å². The Bertz CT molecular complexity index is 536. The number of hydrogen-bond donors (Lipinski definition) is 1. The van der Waals surface area contributed by atoms with Crippen molar-refractivity contribution in [2.45, 2.75) is 6.92 Å². The molecule has 0 aliphatic carbocycles. The first-order valence-electron chi connectivity index (χ1n) is 5.13. The van der Waals surface area contributed by atoms with E-state index in [0.29, 0.717) is 11.3 Å². The van der Waals surface area contributed by atoms with E-state index in [2.05, 4.69) is 10.5 Å². The summed E-state index contributed by atoms with van der Waals surface area (Å²) in [6.45, 7) is 1.97. The molecule has 1 rings (SSSR count). The minimum atomic E-state index is -0.494. The Labute approximate surface area is 104 Å². The van der Waals surface area contributed by atoms with Crippen molar-refractivity contribution in [2.24, 2.45) is 5.10 Å². The normalized spacial score (nSPS) is 8.61. The van der Waals surface area contributed by atoms with E-state index in [1.54, 1.807) is 43.3 Å². The molecule has 0 atom stereocenters. The monoisotopic (exact) mass is 242 g/mol. The van der Waals surface area contributed by atoms with E-state index in [0.717, 1.165) is 0 Å². The number of nitrogens with one attached hydrogen (secondary N) is 1. The molecule has 0 radical (unpaired) electrons. The van der Waals surface area contributed by atoms with Gasteiger partial charge in [-0.3, -0.25) is 5.43 Å². The lowest BCUT2D eigenvalue weighted by Crippen LogP contribution is -2.08. The fourth-order valence-electron chi connectivity index (χ4n) is 1.16. The largest absolute Gasteiger partial charge is 0.462 e. The van der Waals surface area contributed by atoms with Crippen molar-refractivity contribution in [3.8, 4) is 12.1 Å². The van der Waals surface area contributed by atoms with Gasteiger partial charge >= 0.3 is 5.97 Å². The van der Waals surface area contributed by atoms with Crippen LogP contribution in [0, 0.1) is 22.7 Å². The molecule has 0 unspecified atom stereocenters. The Morgan fingerprint density at radius 2 is 2.06 bits per heavy atom. The molecule has 0 aliphatic rings. The Kier molecular flexibility index (Phi) is 4.89. The maximum atomic E-state index is 11.6. The van der Waals surface area contributed by atoms with Crippen LogP contribution in [0.25, 0.3) is 0 Å². The van der Waals surface area contributed by atoms with Crippen LogP contribution in [-0.4, -0.2) is 18.3 Å². The van der Waals surface area contributed by atoms with Crippen LogP contribution in [0.1, 0.15) is 17.3 Å². The highest BCUT2D eigenvalue weighted by Gasteiger charge is 2.11. The van der Waals surface area contributed by atoms with Crippen LogP contribution in [0.2, 0.25) is 0 Å². The summed E-state index contributed by atoms with van der Waals surface area (Å²) in [6, 6.07) is 9.75. The molecule has 6 heteroatoms. The molecule has 0 amide bonds. The van der Waals surface area contributed by atoms with Crippen molar-refractivity contribution in [1.29, 1.82) is 10.5 Å². The predicted octanol–water partition coefficient (Wildman–Crippen LogP) is 1.68. The van der Waals surface area contributed by atoms with Gasteiger partial charge in [-0.25, -0.2) is 4.79 Å². The number of para-hydroxylation sites is 1. The quantitative estimate of drug-likeness (QED) is 0.492. The van der Waals surface area contributed by atoms with Crippen molar-refractivity contribution in [2.75, 3.05) is 12.0 Å². The number of hydrogen-bond acceptors (Lipinski definition) is 6. The maximum absolute atomic E-state index is 11.6. The summed E-state index contributed by atoms with van der Waals surface area (Å²) in [5.74, 6) is -0.494. The second-order valence-electron chi connectivity index (χ2n) is 3.06. The van der Waals surface area contributed by atoms with Crippen molar-refractivity contribution in [1.82, 2.24) is 0 Å². The molecule has 0 spiro atoms. The van der Waals surface area contributed by atoms with Gasteiger partial charge < -0.3 is 4.74 Å².